The lowest BCUT2D eigenvalue weighted by Gasteiger charge is -2.21. The van der Waals surface area contributed by atoms with E-state index in [4.69, 9.17) is 20.9 Å². The van der Waals surface area contributed by atoms with E-state index in [0.717, 1.165) is 64.8 Å². The zero-order valence-corrected chi connectivity index (χ0v) is 35.7. The van der Waals surface area contributed by atoms with Crippen molar-refractivity contribution in [2.75, 3.05) is 46.1 Å². The Morgan fingerprint density at radius 1 is 0.556 bits per heavy atom. The smallest absolute Gasteiger partial charge is 0.239 e. The molecule has 314 valence electrons. The second kappa shape index (κ2) is 39.5. The van der Waals surface area contributed by atoms with Crippen molar-refractivity contribution in [2.24, 2.45) is 23.3 Å². The third-order valence-corrected chi connectivity index (χ3v) is 10.8. The van der Waals surface area contributed by atoms with E-state index in [0.29, 0.717) is 38.0 Å². The van der Waals surface area contributed by atoms with Crippen LogP contribution in [0.15, 0.2) is 48.6 Å². The van der Waals surface area contributed by atoms with Gasteiger partial charge < -0.3 is 25.8 Å². The van der Waals surface area contributed by atoms with E-state index < -0.39 is 6.04 Å². The van der Waals surface area contributed by atoms with Gasteiger partial charge in [0.2, 0.25) is 5.91 Å². The van der Waals surface area contributed by atoms with Gasteiger partial charge in [-0.2, -0.15) is 0 Å². The second-order valence-electron chi connectivity index (χ2n) is 16.0. The van der Waals surface area contributed by atoms with Crippen molar-refractivity contribution >= 4 is 5.91 Å². The Balaban J connectivity index is 2.21. The molecule has 0 aliphatic carbocycles. The van der Waals surface area contributed by atoms with Gasteiger partial charge in [-0.1, -0.05) is 146 Å². The number of hydrogen-bond donors (Lipinski definition) is 2. The van der Waals surface area contributed by atoms with Gasteiger partial charge in [0, 0.05) is 38.1 Å². The third kappa shape index (κ3) is 30.5. The van der Waals surface area contributed by atoms with Gasteiger partial charge in [0.15, 0.2) is 0 Å². The number of nitrogens with zero attached hydrogens (tertiary/aromatic N) is 1. The van der Waals surface area contributed by atoms with Crippen LogP contribution in [-0.2, 0) is 14.3 Å². The summed E-state index contributed by atoms with van der Waals surface area (Å²) < 4.78 is 12.4. The summed E-state index contributed by atoms with van der Waals surface area (Å²) in [7, 11) is 0. The van der Waals surface area contributed by atoms with E-state index in [1.54, 1.807) is 0 Å². The number of rotatable bonds is 39. The van der Waals surface area contributed by atoms with E-state index in [-0.39, 0.29) is 5.91 Å². The Hall–Kier alpha value is -1.73. The number of hydrogen-bond acceptors (Lipinski definition) is 5. The average Bonchev–Trinajstić information content (AvgIpc) is 3.59. The van der Waals surface area contributed by atoms with Crippen LogP contribution in [0.1, 0.15) is 187 Å². The molecule has 1 heterocycles. The molecule has 1 rings (SSSR count). The Labute approximate surface area is 335 Å². The number of unbranched alkanes of at least 4 members (excludes halogenated alkanes) is 19. The fraction of sp³-hybridized carbons (Fsp3) is 0.812. The fourth-order valence-electron chi connectivity index (χ4n) is 7.22. The standard InChI is InChI=1S/C48H89N3O3/c1-3-5-7-9-11-13-15-17-19-21-23-25-27-29-31-35-39-53-43-45-41-51(48(52)47(50)37-33-34-38-49)42-46(45)44-54-40-36-32-30-28-26-24-22-20-18-16-14-12-10-8-6-4-2/h11-14,17-20,45-47H,3-10,15-16,21-44,49-50H2,1-2H3/t45-,46?,47-/m0/s1. The molecule has 54 heavy (non-hydrogen) atoms. The minimum absolute atomic E-state index is 0.0785. The van der Waals surface area contributed by atoms with Crippen molar-refractivity contribution in [1.82, 2.24) is 4.90 Å². The van der Waals surface area contributed by atoms with Gasteiger partial charge in [-0.3, -0.25) is 4.79 Å². The Morgan fingerprint density at radius 2 is 0.944 bits per heavy atom. The van der Waals surface area contributed by atoms with Gasteiger partial charge in [-0.15, -0.1) is 0 Å². The molecule has 0 radical (unpaired) electrons. The molecule has 0 aromatic carbocycles. The van der Waals surface area contributed by atoms with Gasteiger partial charge in [-0.05, 0) is 96.4 Å². The average molecular weight is 756 g/mol. The molecule has 0 saturated carbocycles. The van der Waals surface area contributed by atoms with Crippen LogP contribution < -0.4 is 11.5 Å². The molecule has 1 fully saturated rings. The van der Waals surface area contributed by atoms with Crippen LogP contribution in [0.2, 0.25) is 0 Å². The second-order valence-corrected chi connectivity index (χ2v) is 16.0. The Kier molecular flexibility index (Phi) is 36.8. The molecule has 3 atom stereocenters. The molecule has 6 nitrogen and oxygen atoms in total. The fourth-order valence-corrected chi connectivity index (χ4v) is 7.22. The first-order chi connectivity index (χ1) is 26.6. The molecule has 1 saturated heterocycles. The molecule has 1 amide bonds. The molecule has 0 aromatic rings. The lowest BCUT2D eigenvalue weighted by Crippen LogP contribution is -2.43. The maximum absolute atomic E-state index is 13.2. The van der Waals surface area contributed by atoms with Crippen molar-refractivity contribution in [3.05, 3.63) is 48.6 Å². The maximum atomic E-state index is 13.2. The predicted octanol–water partition coefficient (Wildman–Crippen LogP) is 12.2. The zero-order chi connectivity index (χ0) is 39.0. The molecule has 1 aliphatic rings. The normalized spacial score (nSPS) is 17.1. The number of carbonyl (C=O) groups excluding carboxylic acids is 1. The molecular formula is C48H89N3O3. The maximum Gasteiger partial charge on any atom is 0.239 e. The molecule has 0 bridgehead atoms. The zero-order valence-electron chi connectivity index (χ0n) is 35.7. The topological polar surface area (TPSA) is 90.8 Å². The Bertz CT molecular complexity index is 872. The van der Waals surface area contributed by atoms with Gasteiger partial charge in [0.05, 0.1) is 19.3 Å². The minimum atomic E-state index is -0.436. The van der Waals surface area contributed by atoms with Crippen molar-refractivity contribution < 1.29 is 14.3 Å². The van der Waals surface area contributed by atoms with Gasteiger partial charge in [0.25, 0.3) is 0 Å². The van der Waals surface area contributed by atoms with Crippen LogP contribution in [-0.4, -0.2) is 62.9 Å². The first kappa shape index (κ1) is 50.3. The van der Waals surface area contributed by atoms with E-state index >= 15 is 0 Å². The van der Waals surface area contributed by atoms with Gasteiger partial charge >= 0.3 is 0 Å². The van der Waals surface area contributed by atoms with Crippen molar-refractivity contribution in [2.45, 2.75) is 193 Å². The minimum Gasteiger partial charge on any atom is -0.381 e. The monoisotopic (exact) mass is 756 g/mol. The van der Waals surface area contributed by atoms with Gasteiger partial charge in [0.1, 0.15) is 0 Å². The summed E-state index contributed by atoms with van der Waals surface area (Å²) in [6.45, 7) is 9.63. The predicted molar refractivity (Wildman–Crippen MR) is 235 cm³/mol. The first-order valence-electron chi connectivity index (χ1n) is 23.1. The molecule has 1 aliphatic heterocycles. The lowest BCUT2D eigenvalue weighted by atomic mass is 9.98. The van der Waals surface area contributed by atoms with Crippen molar-refractivity contribution in [3.8, 4) is 0 Å². The lowest BCUT2D eigenvalue weighted by molar-refractivity contribution is -0.132. The van der Waals surface area contributed by atoms with Crippen LogP contribution in [0.4, 0.5) is 0 Å². The van der Waals surface area contributed by atoms with Crippen molar-refractivity contribution in [1.29, 1.82) is 0 Å². The number of carbonyl (C=O) groups is 1. The third-order valence-electron chi connectivity index (χ3n) is 10.8. The van der Waals surface area contributed by atoms with Crippen LogP contribution >= 0.6 is 0 Å². The molecule has 0 spiro atoms. The van der Waals surface area contributed by atoms with Crippen LogP contribution in [0.3, 0.4) is 0 Å². The van der Waals surface area contributed by atoms with Crippen LogP contribution in [0.25, 0.3) is 0 Å². The number of amides is 1. The summed E-state index contributed by atoms with van der Waals surface area (Å²) in [4.78, 5) is 15.2. The highest BCUT2D eigenvalue weighted by atomic mass is 16.5. The number of likely N-dealkylation sites (tertiary alicyclic amines) is 1. The van der Waals surface area contributed by atoms with Gasteiger partial charge in [-0.25, -0.2) is 0 Å². The summed E-state index contributed by atoms with van der Waals surface area (Å²) in [6, 6.07) is -0.436. The summed E-state index contributed by atoms with van der Waals surface area (Å²) in [5, 5.41) is 0. The first-order valence-corrected chi connectivity index (χ1v) is 23.1. The number of ether oxygens (including phenoxy) is 2. The SMILES string of the molecule is CCCCCC=CCC=CCCCCCCCCOCC1CN(C(=O)[C@@H](N)CCCCN)C[C@H]1COCCCCCCCCC=CCC=CCCCCC. The number of allylic oxidation sites excluding steroid dienone is 8. The highest BCUT2D eigenvalue weighted by Gasteiger charge is 2.36. The van der Waals surface area contributed by atoms with Crippen molar-refractivity contribution in [3.63, 3.8) is 0 Å². The quantitative estimate of drug-likeness (QED) is 0.0481. The van der Waals surface area contributed by atoms with Crippen LogP contribution in [0.5, 0.6) is 0 Å². The number of nitrogens with two attached hydrogens (primary N) is 2. The Morgan fingerprint density at radius 3 is 1.35 bits per heavy atom. The molecule has 0 aromatic heterocycles. The molecule has 4 N–H and O–H groups in total. The summed E-state index contributed by atoms with van der Waals surface area (Å²) >= 11 is 0. The highest BCUT2D eigenvalue weighted by molar-refractivity contribution is 5.81. The van der Waals surface area contributed by atoms with E-state index in [1.807, 2.05) is 4.90 Å². The largest absolute Gasteiger partial charge is 0.381 e. The molecule has 6 heteroatoms. The van der Waals surface area contributed by atoms with E-state index in [9.17, 15) is 4.79 Å². The summed E-state index contributed by atoms with van der Waals surface area (Å²) in [5.41, 5.74) is 12.0. The van der Waals surface area contributed by atoms with E-state index in [2.05, 4.69) is 62.5 Å². The summed E-state index contributed by atoms with van der Waals surface area (Å²) in [5.74, 6) is 0.700. The molecular weight excluding hydrogens is 667 g/mol. The van der Waals surface area contributed by atoms with E-state index in [1.165, 1.54) is 128 Å². The molecule has 1 unspecified atom stereocenters. The summed E-state index contributed by atoms with van der Waals surface area (Å²) in [6.07, 6.45) is 51.2. The highest BCUT2D eigenvalue weighted by Crippen LogP contribution is 2.26. The van der Waals surface area contributed by atoms with Crippen LogP contribution in [0, 0.1) is 11.8 Å².